The van der Waals surface area contributed by atoms with Gasteiger partial charge in [-0.2, -0.15) is 0 Å². The van der Waals surface area contributed by atoms with Crippen molar-refractivity contribution < 1.29 is 25.2 Å². The molecule has 1 aliphatic rings. The zero-order chi connectivity index (χ0) is 16.0. The molecule has 0 aliphatic carbocycles. The predicted molar refractivity (Wildman–Crippen MR) is 69.1 cm³/mol. The maximum absolute atomic E-state index is 12.3. The van der Waals surface area contributed by atoms with Crippen molar-refractivity contribution in [3.05, 3.63) is 27.0 Å². The lowest BCUT2D eigenvalue weighted by Gasteiger charge is -2.17. The van der Waals surface area contributed by atoms with E-state index in [1.165, 1.54) is 0 Å². The number of aromatic hydroxyl groups is 1. The number of fused-ring (bicyclic) bond motifs is 1. The highest BCUT2D eigenvalue weighted by atomic mass is 16.6. The quantitative estimate of drug-likeness (QED) is 0.383. The molecule has 118 valence electrons. The molecule has 3 heterocycles. The van der Waals surface area contributed by atoms with E-state index in [1.807, 2.05) is 0 Å². The Balaban J connectivity index is 2.20. The number of aliphatic hydroxyl groups excluding tert-OH is 3. The van der Waals surface area contributed by atoms with E-state index in [1.54, 1.807) is 0 Å². The number of hydrogen-bond acceptors (Lipinski definition) is 9. The third kappa shape index (κ3) is 1.99. The Morgan fingerprint density at radius 2 is 2.00 bits per heavy atom. The minimum absolute atomic E-state index is 0.367. The van der Waals surface area contributed by atoms with Crippen LogP contribution in [0.2, 0.25) is 0 Å². The average molecular weight is 312 g/mol. The first-order chi connectivity index (χ1) is 10.5. The normalized spacial score (nSPS) is 28.3. The Bertz CT molecular complexity index is 831. The van der Waals surface area contributed by atoms with Gasteiger partial charge in [0.05, 0.1) is 6.61 Å². The molecule has 2 aromatic heterocycles. The second-order valence-electron chi connectivity index (χ2n) is 4.77. The van der Waals surface area contributed by atoms with Gasteiger partial charge in [0.2, 0.25) is 5.88 Å². The Kier molecular flexibility index (Phi) is 3.41. The summed E-state index contributed by atoms with van der Waals surface area (Å²) >= 11 is 0. The molecule has 2 aromatic rings. The first kappa shape index (κ1) is 14.6. The molecule has 0 amide bonds. The average Bonchev–Trinajstić information content (AvgIpc) is 2.78. The van der Waals surface area contributed by atoms with Gasteiger partial charge in [-0.15, -0.1) is 0 Å². The molecule has 0 saturated carbocycles. The van der Waals surface area contributed by atoms with Crippen LogP contribution in [0.1, 0.15) is 6.23 Å². The first-order valence-electron chi connectivity index (χ1n) is 6.26. The lowest BCUT2D eigenvalue weighted by atomic mass is 10.1. The van der Waals surface area contributed by atoms with Gasteiger partial charge in [-0.3, -0.25) is 14.7 Å². The number of nitrogens with zero attached hydrogens (tertiary/aromatic N) is 3. The third-order valence-corrected chi connectivity index (χ3v) is 3.47. The largest absolute Gasteiger partial charge is 0.493 e. The summed E-state index contributed by atoms with van der Waals surface area (Å²) < 4.78 is 5.83. The van der Waals surface area contributed by atoms with Crippen molar-refractivity contribution in [3.8, 4) is 5.88 Å². The van der Waals surface area contributed by atoms with Crippen molar-refractivity contribution in [2.24, 2.45) is 0 Å². The minimum Gasteiger partial charge on any atom is -0.493 e. The van der Waals surface area contributed by atoms with Crippen molar-refractivity contribution in [1.29, 1.82) is 0 Å². The van der Waals surface area contributed by atoms with Gasteiger partial charge in [-0.1, -0.05) is 0 Å². The van der Waals surface area contributed by atoms with E-state index in [4.69, 9.17) is 9.84 Å². The number of hydrogen-bond donors (Lipinski definition) is 5. The maximum Gasteiger partial charge on any atom is 0.294 e. The van der Waals surface area contributed by atoms with E-state index in [-0.39, 0.29) is 5.52 Å². The zero-order valence-corrected chi connectivity index (χ0v) is 10.9. The van der Waals surface area contributed by atoms with Gasteiger partial charge in [-0.05, 0) is 0 Å². The van der Waals surface area contributed by atoms with Crippen LogP contribution < -0.4 is 11.1 Å². The van der Waals surface area contributed by atoms with Crippen molar-refractivity contribution in [1.82, 2.24) is 19.7 Å². The zero-order valence-electron chi connectivity index (χ0n) is 10.9. The van der Waals surface area contributed by atoms with Crippen LogP contribution >= 0.6 is 0 Å². The Labute approximate surface area is 121 Å². The number of H-pyrrole nitrogens is 1. The summed E-state index contributed by atoms with van der Waals surface area (Å²) in [7, 11) is 0. The van der Waals surface area contributed by atoms with E-state index < -0.39 is 53.5 Å². The van der Waals surface area contributed by atoms with Crippen molar-refractivity contribution in [3.63, 3.8) is 0 Å². The fraction of sp³-hybridized carbons (Fsp3) is 0.455. The van der Waals surface area contributed by atoms with Crippen LogP contribution in [-0.4, -0.2) is 65.1 Å². The molecule has 3 rings (SSSR count). The fourth-order valence-corrected chi connectivity index (χ4v) is 2.35. The van der Waals surface area contributed by atoms with Gasteiger partial charge in [-0.25, -0.2) is 14.6 Å². The molecule has 5 N–H and O–H groups in total. The van der Waals surface area contributed by atoms with E-state index in [0.29, 0.717) is 4.68 Å². The van der Waals surface area contributed by atoms with E-state index >= 15 is 0 Å². The highest BCUT2D eigenvalue weighted by Crippen LogP contribution is 2.27. The van der Waals surface area contributed by atoms with E-state index in [0.717, 1.165) is 6.33 Å². The highest BCUT2D eigenvalue weighted by Gasteiger charge is 2.44. The van der Waals surface area contributed by atoms with Crippen molar-refractivity contribution >= 4 is 10.9 Å². The topological polar surface area (TPSA) is 171 Å². The van der Waals surface area contributed by atoms with Crippen LogP contribution in [0.5, 0.6) is 5.88 Å². The number of rotatable bonds is 2. The molecule has 0 bridgehead atoms. The van der Waals surface area contributed by atoms with E-state index in [9.17, 15) is 24.9 Å². The summed E-state index contributed by atoms with van der Waals surface area (Å²) in [5.74, 6) is -0.656. The Hall–Kier alpha value is -2.34. The van der Waals surface area contributed by atoms with Gasteiger partial charge >= 0.3 is 0 Å². The van der Waals surface area contributed by atoms with Crippen LogP contribution in [-0.2, 0) is 4.74 Å². The van der Waals surface area contributed by atoms with Gasteiger partial charge in [0.15, 0.2) is 6.23 Å². The fourth-order valence-electron chi connectivity index (χ4n) is 2.35. The minimum atomic E-state index is -1.54. The summed E-state index contributed by atoms with van der Waals surface area (Å²) in [6.07, 6.45) is -4.59. The van der Waals surface area contributed by atoms with Crippen LogP contribution in [0.3, 0.4) is 0 Å². The second-order valence-corrected chi connectivity index (χ2v) is 4.77. The smallest absolute Gasteiger partial charge is 0.294 e. The molecule has 11 heteroatoms. The molecule has 0 spiro atoms. The van der Waals surface area contributed by atoms with Crippen molar-refractivity contribution in [2.45, 2.75) is 24.5 Å². The van der Waals surface area contributed by atoms with Crippen LogP contribution in [0, 0.1) is 0 Å². The molecule has 0 radical (unpaired) electrons. The molecule has 22 heavy (non-hydrogen) atoms. The summed E-state index contributed by atoms with van der Waals surface area (Å²) in [4.78, 5) is 31.3. The molecule has 1 saturated heterocycles. The molecule has 1 aliphatic heterocycles. The van der Waals surface area contributed by atoms with Gasteiger partial charge in [0.1, 0.15) is 35.5 Å². The number of aromatic amines is 1. The Morgan fingerprint density at radius 3 is 2.64 bits per heavy atom. The summed E-state index contributed by atoms with van der Waals surface area (Å²) in [6.45, 7) is -0.579. The number of ether oxygens (including phenoxy) is 1. The third-order valence-electron chi connectivity index (χ3n) is 3.47. The molecule has 0 aromatic carbocycles. The predicted octanol–water partition coefficient (Wildman–Crippen LogP) is -3.20. The molecule has 11 nitrogen and oxygen atoms in total. The number of aromatic nitrogens is 4. The van der Waals surface area contributed by atoms with Gasteiger partial charge in [0.25, 0.3) is 11.1 Å². The van der Waals surface area contributed by atoms with E-state index in [2.05, 4.69) is 15.1 Å². The standard InChI is InChI=1S/C11H12N4O7/c16-1-3-6(17)7(18)11(22-3)15-10(21)5-4(9(20)14-15)8(19)13-2-12-5/h2-3,6-7,11,16-18H,1H2,(H,14,20)(H,12,13,19)/t3-,6-,7-,11-/m1/s1. The monoisotopic (exact) mass is 312 g/mol. The highest BCUT2D eigenvalue weighted by molar-refractivity contribution is 5.80. The molecular formula is C11H12N4O7. The van der Waals surface area contributed by atoms with Crippen molar-refractivity contribution in [2.75, 3.05) is 6.61 Å². The van der Waals surface area contributed by atoms with Gasteiger partial charge in [0, 0.05) is 0 Å². The Morgan fingerprint density at radius 1 is 1.27 bits per heavy atom. The molecule has 0 unspecified atom stereocenters. The summed E-state index contributed by atoms with van der Waals surface area (Å²) in [5.41, 5.74) is -2.10. The number of aliphatic hydroxyl groups is 3. The lowest BCUT2D eigenvalue weighted by Crippen LogP contribution is -2.39. The molecule has 4 atom stereocenters. The molecule has 1 fully saturated rings. The first-order valence-corrected chi connectivity index (χ1v) is 6.26. The summed E-state index contributed by atoms with van der Waals surface area (Å²) in [6, 6.07) is 0. The van der Waals surface area contributed by atoms with Crippen LogP contribution in [0.4, 0.5) is 0 Å². The van der Waals surface area contributed by atoms with Crippen LogP contribution in [0.15, 0.2) is 15.9 Å². The SMILES string of the molecule is O=c1[nH]n([C@@H]2O[C@H](CO)[C@@H](O)[C@H]2O)c(=O)c2ncnc(O)c12. The van der Waals surface area contributed by atoms with Gasteiger partial charge < -0.3 is 25.2 Å². The second kappa shape index (κ2) is 5.14. The summed E-state index contributed by atoms with van der Waals surface area (Å²) in [5, 5.41) is 39.9. The molecular weight excluding hydrogens is 300 g/mol. The van der Waals surface area contributed by atoms with Crippen LogP contribution in [0.25, 0.3) is 10.9 Å². The lowest BCUT2D eigenvalue weighted by molar-refractivity contribution is -0.0610. The maximum atomic E-state index is 12.3. The number of nitrogens with one attached hydrogen (secondary N) is 1.